The standard InChI is InChI=1S/C16H26N2/c1-5-14-11-18(15(6-2)10-17-14)16-9-12(3)7-8-13(16)4/h7-9,14-15,17H,5-6,10-11H2,1-4H3. The van der Waals surface area contributed by atoms with E-state index in [0.29, 0.717) is 12.1 Å². The van der Waals surface area contributed by atoms with E-state index in [2.05, 4.69) is 56.1 Å². The van der Waals surface area contributed by atoms with Crippen LogP contribution in [0.25, 0.3) is 0 Å². The lowest BCUT2D eigenvalue weighted by Gasteiger charge is -2.42. The number of benzene rings is 1. The van der Waals surface area contributed by atoms with Crippen molar-refractivity contribution in [3.8, 4) is 0 Å². The van der Waals surface area contributed by atoms with E-state index in [4.69, 9.17) is 0 Å². The zero-order chi connectivity index (χ0) is 13.1. The van der Waals surface area contributed by atoms with E-state index < -0.39 is 0 Å². The van der Waals surface area contributed by atoms with Gasteiger partial charge in [-0.3, -0.25) is 0 Å². The van der Waals surface area contributed by atoms with Crippen LogP contribution < -0.4 is 10.2 Å². The minimum Gasteiger partial charge on any atom is -0.365 e. The molecular weight excluding hydrogens is 220 g/mol. The molecule has 2 nitrogen and oxygen atoms in total. The maximum absolute atomic E-state index is 3.66. The van der Waals surface area contributed by atoms with Gasteiger partial charge < -0.3 is 10.2 Å². The second-order valence-corrected chi connectivity index (χ2v) is 5.52. The topological polar surface area (TPSA) is 15.3 Å². The van der Waals surface area contributed by atoms with Crippen molar-refractivity contribution in [1.29, 1.82) is 0 Å². The predicted molar refractivity (Wildman–Crippen MR) is 79.4 cm³/mol. The molecule has 0 amide bonds. The quantitative estimate of drug-likeness (QED) is 0.880. The Balaban J connectivity index is 2.29. The zero-order valence-electron chi connectivity index (χ0n) is 12.2. The smallest absolute Gasteiger partial charge is 0.0412 e. The van der Waals surface area contributed by atoms with Gasteiger partial charge in [0.15, 0.2) is 0 Å². The summed E-state index contributed by atoms with van der Waals surface area (Å²) in [5, 5.41) is 3.66. The van der Waals surface area contributed by atoms with Crippen molar-refractivity contribution < 1.29 is 0 Å². The van der Waals surface area contributed by atoms with Gasteiger partial charge in [0, 0.05) is 30.9 Å². The number of nitrogens with one attached hydrogen (secondary N) is 1. The van der Waals surface area contributed by atoms with Crippen molar-refractivity contribution >= 4 is 5.69 Å². The summed E-state index contributed by atoms with van der Waals surface area (Å²) in [5.74, 6) is 0. The molecule has 0 spiro atoms. The number of hydrogen-bond donors (Lipinski definition) is 1. The average Bonchev–Trinajstić information content (AvgIpc) is 2.40. The van der Waals surface area contributed by atoms with Crippen LogP contribution in [0.15, 0.2) is 18.2 Å². The molecule has 1 aliphatic heterocycles. The second kappa shape index (κ2) is 5.75. The highest BCUT2D eigenvalue weighted by molar-refractivity contribution is 5.56. The highest BCUT2D eigenvalue weighted by Gasteiger charge is 2.26. The Kier molecular flexibility index (Phi) is 4.28. The lowest BCUT2D eigenvalue weighted by molar-refractivity contribution is 0.378. The maximum atomic E-state index is 3.66. The molecule has 2 atom stereocenters. The Labute approximate surface area is 111 Å². The largest absolute Gasteiger partial charge is 0.365 e. The summed E-state index contributed by atoms with van der Waals surface area (Å²) in [7, 11) is 0. The van der Waals surface area contributed by atoms with Gasteiger partial charge >= 0.3 is 0 Å². The molecule has 0 radical (unpaired) electrons. The fraction of sp³-hybridized carbons (Fsp3) is 0.625. The zero-order valence-corrected chi connectivity index (χ0v) is 12.2. The van der Waals surface area contributed by atoms with Crippen molar-refractivity contribution in [2.75, 3.05) is 18.0 Å². The number of nitrogens with zero attached hydrogens (tertiary/aromatic N) is 1. The first kappa shape index (κ1) is 13.4. The Morgan fingerprint density at radius 3 is 2.67 bits per heavy atom. The van der Waals surface area contributed by atoms with Crippen molar-refractivity contribution in [3.05, 3.63) is 29.3 Å². The molecule has 2 unspecified atom stereocenters. The number of anilines is 1. The third-order valence-corrected chi connectivity index (χ3v) is 4.14. The molecule has 1 aromatic carbocycles. The predicted octanol–water partition coefficient (Wildman–Crippen LogP) is 3.27. The van der Waals surface area contributed by atoms with Gasteiger partial charge in [0.25, 0.3) is 0 Å². The van der Waals surface area contributed by atoms with Gasteiger partial charge in [-0.25, -0.2) is 0 Å². The summed E-state index contributed by atoms with van der Waals surface area (Å²) >= 11 is 0. The molecule has 2 heteroatoms. The fourth-order valence-corrected chi connectivity index (χ4v) is 2.83. The molecule has 1 heterocycles. The Bertz CT molecular complexity index is 400. The van der Waals surface area contributed by atoms with E-state index in [1.54, 1.807) is 0 Å². The van der Waals surface area contributed by atoms with Crippen LogP contribution in [0.2, 0.25) is 0 Å². The third-order valence-electron chi connectivity index (χ3n) is 4.14. The number of piperazine rings is 1. The maximum Gasteiger partial charge on any atom is 0.0412 e. The number of aryl methyl sites for hydroxylation is 2. The van der Waals surface area contributed by atoms with Gasteiger partial charge in [-0.2, -0.15) is 0 Å². The van der Waals surface area contributed by atoms with Gasteiger partial charge in [0.2, 0.25) is 0 Å². The Morgan fingerprint density at radius 1 is 1.22 bits per heavy atom. The van der Waals surface area contributed by atoms with Crippen LogP contribution in [-0.2, 0) is 0 Å². The minimum absolute atomic E-state index is 0.632. The van der Waals surface area contributed by atoms with E-state index in [0.717, 1.165) is 13.1 Å². The van der Waals surface area contributed by atoms with Gasteiger partial charge in [0.1, 0.15) is 0 Å². The van der Waals surface area contributed by atoms with E-state index >= 15 is 0 Å². The van der Waals surface area contributed by atoms with Crippen LogP contribution in [0, 0.1) is 13.8 Å². The normalized spacial score (nSPS) is 24.3. The summed E-state index contributed by atoms with van der Waals surface area (Å²) in [6.07, 6.45) is 2.41. The molecule has 18 heavy (non-hydrogen) atoms. The SMILES string of the molecule is CCC1CN(c2cc(C)ccc2C)C(CC)CN1. The van der Waals surface area contributed by atoms with Crippen LogP contribution in [0.5, 0.6) is 0 Å². The molecule has 0 aliphatic carbocycles. The molecule has 100 valence electrons. The summed E-state index contributed by atoms with van der Waals surface area (Å²) in [6.45, 7) is 11.2. The first-order valence-electron chi connectivity index (χ1n) is 7.23. The first-order chi connectivity index (χ1) is 8.65. The molecule has 2 rings (SSSR count). The van der Waals surface area contributed by atoms with Crippen LogP contribution >= 0.6 is 0 Å². The fourth-order valence-electron chi connectivity index (χ4n) is 2.83. The summed E-state index contributed by atoms with van der Waals surface area (Å²) in [4.78, 5) is 2.62. The molecule has 0 aromatic heterocycles. The van der Waals surface area contributed by atoms with Gasteiger partial charge in [-0.05, 0) is 43.9 Å². The minimum atomic E-state index is 0.632. The van der Waals surface area contributed by atoms with Crippen LogP contribution in [0.3, 0.4) is 0 Å². The second-order valence-electron chi connectivity index (χ2n) is 5.52. The molecule has 1 saturated heterocycles. The summed E-state index contributed by atoms with van der Waals surface area (Å²) in [5.41, 5.74) is 4.19. The van der Waals surface area contributed by atoms with Gasteiger partial charge in [-0.1, -0.05) is 26.0 Å². The molecule has 1 N–H and O–H groups in total. The van der Waals surface area contributed by atoms with Crippen molar-refractivity contribution in [1.82, 2.24) is 5.32 Å². The Hall–Kier alpha value is -1.02. The van der Waals surface area contributed by atoms with E-state index in [1.165, 1.54) is 29.7 Å². The van der Waals surface area contributed by atoms with Crippen LogP contribution in [-0.4, -0.2) is 25.2 Å². The van der Waals surface area contributed by atoms with E-state index in [9.17, 15) is 0 Å². The summed E-state index contributed by atoms with van der Waals surface area (Å²) < 4.78 is 0. The summed E-state index contributed by atoms with van der Waals surface area (Å²) in [6, 6.07) is 8.07. The lowest BCUT2D eigenvalue weighted by Crippen LogP contribution is -2.56. The van der Waals surface area contributed by atoms with Crippen LogP contribution in [0.1, 0.15) is 37.8 Å². The molecule has 0 saturated carbocycles. The van der Waals surface area contributed by atoms with Crippen molar-refractivity contribution in [3.63, 3.8) is 0 Å². The highest BCUT2D eigenvalue weighted by atomic mass is 15.2. The molecular formula is C16H26N2. The molecule has 1 aliphatic rings. The van der Waals surface area contributed by atoms with Crippen molar-refractivity contribution in [2.24, 2.45) is 0 Å². The van der Waals surface area contributed by atoms with Gasteiger partial charge in [-0.15, -0.1) is 0 Å². The molecule has 1 aromatic rings. The van der Waals surface area contributed by atoms with Crippen molar-refractivity contribution in [2.45, 2.75) is 52.6 Å². The number of rotatable bonds is 3. The van der Waals surface area contributed by atoms with E-state index in [1.807, 2.05) is 0 Å². The van der Waals surface area contributed by atoms with E-state index in [-0.39, 0.29) is 0 Å². The highest BCUT2D eigenvalue weighted by Crippen LogP contribution is 2.26. The molecule has 1 fully saturated rings. The monoisotopic (exact) mass is 246 g/mol. The van der Waals surface area contributed by atoms with Crippen LogP contribution in [0.4, 0.5) is 5.69 Å². The first-order valence-corrected chi connectivity index (χ1v) is 7.23. The average molecular weight is 246 g/mol. The number of hydrogen-bond acceptors (Lipinski definition) is 2. The Morgan fingerprint density at radius 2 is 2.00 bits per heavy atom. The third kappa shape index (κ3) is 2.69. The molecule has 0 bridgehead atoms. The van der Waals surface area contributed by atoms with Gasteiger partial charge in [0.05, 0.1) is 0 Å². The lowest BCUT2D eigenvalue weighted by atomic mass is 10.0.